The highest BCUT2D eigenvalue weighted by atomic mass is 35.7. The van der Waals surface area contributed by atoms with Crippen LogP contribution < -0.4 is 0 Å². The average molecular weight is 257 g/mol. The molecule has 0 saturated carbocycles. The number of hydrogen-bond acceptors (Lipinski definition) is 0. The normalized spacial score (nSPS) is 29.1. The van der Waals surface area contributed by atoms with Gasteiger partial charge in [0.2, 0.25) is 9.05 Å². The van der Waals surface area contributed by atoms with E-state index in [-0.39, 0.29) is 5.03 Å². The molecule has 1 aliphatic rings. The Morgan fingerprint density at radius 2 is 1.85 bits per heavy atom. The van der Waals surface area contributed by atoms with Crippen LogP contribution >= 0.6 is 31.3 Å². The molecule has 0 aromatic carbocycles. The van der Waals surface area contributed by atoms with Gasteiger partial charge < -0.3 is 0 Å². The lowest BCUT2D eigenvalue weighted by Gasteiger charge is -2.48. The van der Waals surface area contributed by atoms with E-state index in [9.17, 15) is 15.5 Å². The summed E-state index contributed by atoms with van der Waals surface area (Å²) >= 11 is 5.38. The quantitative estimate of drug-likeness (QED) is 0.579. The zero-order valence-corrected chi connectivity index (χ0v) is 8.52. The van der Waals surface area contributed by atoms with E-state index in [1.807, 2.05) is 0 Å². The molecule has 0 amide bonds. The van der Waals surface area contributed by atoms with Gasteiger partial charge in [-0.2, -0.15) is 0 Å². The van der Waals surface area contributed by atoms with E-state index in [0.717, 1.165) is 12.2 Å². The van der Waals surface area contributed by atoms with E-state index in [1.165, 1.54) is 0 Å². The Labute approximate surface area is 82.1 Å². The first kappa shape index (κ1) is 11.2. The molecule has 0 aromatic heterocycles. The lowest BCUT2D eigenvalue weighted by Crippen LogP contribution is -2.22. The van der Waals surface area contributed by atoms with Crippen LogP contribution in [0.3, 0.4) is 0 Å². The van der Waals surface area contributed by atoms with Crippen LogP contribution in [0.5, 0.6) is 0 Å². The van der Waals surface area contributed by atoms with E-state index in [1.54, 1.807) is 0 Å². The molecule has 0 aliphatic heterocycles. The van der Waals surface area contributed by atoms with Gasteiger partial charge in [0.25, 0.3) is 0 Å². The maximum absolute atomic E-state index is 12.5. The third-order valence-corrected chi connectivity index (χ3v) is 4.05. The molecule has 0 aromatic rings. The highest BCUT2D eigenvalue weighted by molar-refractivity contribution is 8.66. The molecule has 1 unspecified atom stereocenters. The van der Waals surface area contributed by atoms with Crippen LogP contribution in [0.1, 0.15) is 6.42 Å². The second-order valence-electron chi connectivity index (χ2n) is 2.75. The Morgan fingerprint density at radius 3 is 2.15 bits per heavy atom. The summed E-state index contributed by atoms with van der Waals surface area (Å²) in [7, 11) is -4.30. The van der Waals surface area contributed by atoms with Crippen LogP contribution in [0.2, 0.25) is 0 Å². The van der Waals surface area contributed by atoms with Crippen molar-refractivity contribution in [1.82, 2.24) is 0 Å². The molecule has 1 rings (SSSR count). The summed E-state index contributed by atoms with van der Waals surface area (Å²) in [4.78, 5) is 0. The van der Waals surface area contributed by atoms with Crippen molar-refractivity contribution >= 4 is 31.3 Å². The first-order valence-corrected chi connectivity index (χ1v) is 6.57. The Balaban J connectivity index is 2.98. The van der Waals surface area contributed by atoms with E-state index < -0.39 is 20.7 Å². The fourth-order valence-corrected chi connectivity index (χ4v) is 2.30. The van der Waals surface area contributed by atoms with Crippen LogP contribution in [-0.4, -0.2) is 5.25 Å². The molecule has 0 saturated heterocycles. The highest BCUT2D eigenvalue weighted by Gasteiger charge is 2.66. The molecule has 0 N–H and O–H groups in total. The third kappa shape index (κ3) is 3.07. The van der Waals surface area contributed by atoms with E-state index >= 15 is 0 Å². The van der Waals surface area contributed by atoms with Gasteiger partial charge >= 0.3 is 0 Å². The monoisotopic (exact) mass is 256 g/mol. The van der Waals surface area contributed by atoms with Crippen molar-refractivity contribution < 1.29 is 15.5 Å². The molecule has 0 fully saturated rings. The van der Waals surface area contributed by atoms with Crippen molar-refractivity contribution in [2.75, 3.05) is 0 Å². The number of rotatable bonds is 1. The van der Waals surface area contributed by atoms with Crippen molar-refractivity contribution in [2.45, 2.75) is 11.7 Å². The number of hydrogen-bond donors (Lipinski definition) is 0. The molecule has 0 bridgehead atoms. The van der Waals surface area contributed by atoms with Crippen LogP contribution in [0, 0.1) is 0 Å². The minimum absolute atomic E-state index is 0.162. The van der Waals surface area contributed by atoms with Gasteiger partial charge in [-0.25, -0.2) is 0 Å². The van der Waals surface area contributed by atoms with E-state index in [4.69, 9.17) is 11.6 Å². The predicted octanol–water partition coefficient (Wildman–Crippen LogP) is 5.01. The largest absolute Gasteiger partial charge is 0.236 e. The Hall–Kier alpha value is 0.130. The lowest BCUT2D eigenvalue weighted by atomic mass is 10.2. The predicted molar refractivity (Wildman–Crippen MR) is 49.4 cm³/mol. The van der Waals surface area contributed by atoms with Crippen LogP contribution in [0.25, 0.3) is 0 Å². The highest BCUT2D eigenvalue weighted by Crippen LogP contribution is 3.03. The molecule has 0 nitrogen and oxygen atoms in total. The average Bonchev–Trinajstić information content (AvgIpc) is 1.82. The van der Waals surface area contributed by atoms with Crippen molar-refractivity contribution in [1.29, 1.82) is 0 Å². The molecule has 1 aliphatic carbocycles. The second kappa shape index (κ2) is 2.38. The summed E-state index contributed by atoms with van der Waals surface area (Å²) in [6, 6.07) is 0. The van der Waals surface area contributed by atoms with E-state index in [2.05, 4.69) is 10.7 Å². The van der Waals surface area contributed by atoms with Gasteiger partial charge in [-0.15, -0.1) is 15.5 Å². The van der Waals surface area contributed by atoms with Crippen molar-refractivity contribution in [3.8, 4) is 0 Å². The number of allylic oxidation sites excluding steroid dienone is 3. The maximum atomic E-state index is 12.5. The SMILES string of the molecule is FS(F)(F)(F)(Cl)C1C=CC(Cl)=CC1. The fraction of sp³-hybridized carbons (Fsp3) is 0.333. The summed E-state index contributed by atoms with van der Waals surface area (Å²) < 4.78 is 50.1. The summed E-state index contributed by atoms with van der Waals surface area (Å²) in [5.41, 5.74) is 0. The zero-order valence-electron chi connectivity index (χ0n) is 6.19. The molecule has 7 heteroatoms. The molecule has 78 valence electrons. The standard InChI is InChI=1S/C6H6Cl2F4S/c7-5-1-3-6(4-2-5)13(8,9,10,11)12/h1-3,6H,4H2. The van der Waals surface area contributed by atoms with Crippen molar-refractivity contribution in [3.63, 3.8) is 0 Å². The maximum Gasteiger partial charge on any atom is 0.236 e. The Bertz CT molecular complexity index is 288. The minimum atomic E-state index is -8.40. The molecule has 0 spiro atoms. The molecular formula is C6H6Cl2F4S. The van der Waals surface area contributed by atoms with Crippen LogP contribution in [0.4, 0.5) is 15.5 Å². The van der Waals surface area contributed by atoms with Gasteiger partial charge in [-0.05, 0) is 12.5 Å². The zero-order chi connectivity index (χ0) is 10.4. The van der Waals surface area contributed by atoms with Gasteiger partial charge in [0.1, 0.15) is 5.25 Å². The van der Waals surface area contributed by atoms with Gasteiger partial charge in [0.15, 0.2) is 0 Å². The lowest BCUT2D eigenvalue weighted by molar-refractivity contribution is 0.465. The molecule has 1 atom stereocenters. The Kier molecular flexibility index (Phi) is 2.05. The van der Waals surface area contributed by atoms with Crippen molar-refractivity contribution in [3.05, 3.63) is 23.3 Å². The second-order valence-corrected chi connectivity index (χ2v) is 7.78. The van der Waals surface area contributed by atoms with Gasteiger partial charge in [-0.3, -0.25) is 0 Å². The Morgan fingerprint density at radius 1 is 1.31 bits per heavy atom. The summed E-state index contributed by atoms with van der Waals surface area (Å²) in [5, 5.41) is -2.08. The van der Waals surface area contributed by atoms with E-state index in [0.29, 0.717) is 6.08 Å². The number of halogens is 6. The fourth-order valence-electron chi connectivity index (χ4n) is 0.905. The topological polar surface area (TPSA) is 0 Å². The van der Waals surface area contributed by atoms with Crippen molar-refractivity contribution in [2.24, 2.45) is 0 Å². The van der Waals surface area contributed by atoms with Gasteiger partial charge in [0, 0.05) is 15.7 Å². The smallest absolute Gasteiger partial charge is 0.111 e. The van der Waals surface area contributed by atoms with Crippen LogP contribution in [-0.2, 0) is 0 Å². The molecule has 13 heavy (non-hydrogen) atoms. The molecule has 0 radical (unpaired) electrons. The first-order valence-electron chi connectivity index (χ1n) is 3.26. The van der Waals surface area contributed by atoms with Gasteiger partial charge in [0.05, 0.1) is 0 Å². The van der Waals surface area contributed by atoms with Gasteiger partial charge in [-0.1, -0.05) is 23.8 Å². The third-order valence-electron chi connectivity index (χ3n) is 1.59. The van der Waals surface area contributed by atoms with Crippen LogP contribution in [0.15, 0.2) is 23.3 Å². The first-order chi connectivity index (χ1) is 5.49. The summed E-state index contributed by atoms with van der Waals surface area (Å²) in [6.45, 7) is 0. The summed E-state index contributed by atoms with van der Waals surface area (Å²) in [6.07, 6.45) is 2.20. The molecule has 0 heterocycles. The molecular weight excluding hydrogens is 251 g/mol. The summed E-state index contributed by atoms with van der Waals surface area (Å²) in [5.74, 6) is 0. The minimum Gasteiger partial charge on any atom is -0.111 e.